The number of aromatic nitrogens is 2. The van der Waals surface area contributed by atoms with E-state index in [4.69, 9.17) is 9.47 Å². The molecule has 1 saturated carbocycles. The van der Waals surface area contributed by atoms with Crippen molar-refractivity contribution >= 4 is 17.9 Å². The monoisotopic (exact) mass is 541 g/mol. The highest BCUT2D eigenvalue weighted by atomic mass is 19.4. The first-order valence-corrected chi connectivity index (χ1v) is 10.8. The molecule has 1 amide bonds. The summed E-state index contributed by atoms with van der Waals surface area (Å²) in [5, 5.41) is 2.47. The van der Waals surface area contributed by atoms with Gasteiger partial charge in [-0.2, -0.15) is 13.2 Å². The second-order valence-corrected chi connectivity index (χ2v) is 8.15. The number of halogens is 6. The molecule has 4 rings (SSSR count). The summed E-state index contributed by atoms with van der Waals surface area (Å²) in [6.07, 6.45) is -7.41. The van der Waals surface area contributed by atoms with Gasteiger partial charge in [0.25, 0.3) is 5.91 Å². The van der Waals surface area contributed by atoms with E-state index in [2.05, 4.69) is 20.0 Å². The number of carbonyl (C=O) groups is 2. The molecular formula is C24H17F6N3O5. The molecule has 1 fully saturated rings. The molecule has 0 radical (unpaired) electrons. The summed E-state index contributed by atoms with van der Waals surface area (Å²) in [4.78, 5) is 31.6. The van der Waals surface area contributed by atoms with Crippen LogP contribution in [-0.2, 0) is 5.41 Å². The summed E-state index contributed by atoms with van der Waals surface area (Å²) < 4.78 is 93.6. The fraction of sp³-hybridized carbons (Fsp3) is 0.250. The first-order chi connectivity index (χ1) is 17.8. The first kappa shape index (κ1) is 26.7. The van der Waals surface area contributed by atoms with Crippen LogP contribution in [0.2, 0.25) is 0 Å². The van der Waals surface area contributed by atoms with E-state index in [9.17, 15) is 35.9 Å². The second kappa shape index (κ2) is 9.84. The van der Waals surface area contributed by atoms with Gasteiger partial charge in [0, 0.05) is 30.2 Å². The number of amides is 1. The predicted octanol–water partition coefficient (Wildman–Crippen LogP) is 5.83. The van der Waals surface area contributed by atoms with Crippen LogP contribution < -0.4 is 19.5 Å². The fourth-order valence-corrected chi connectivity index (χ4v) is 3.60. The van der Waals surface area contributed by atoms with Gasteiger partial charge in [-0.1, -0.05) is 0 Å². The number of benzene rings is 1. The number of carbonyl (C=O) groups excluding carboxylic acids is 2. The molecule has 2 aromatic heterocycles. The van der Waals surface area contributed by atoms with Crippen molar-refractivity contribution in [1.82, 2.24) is 9.97 Å². The van der Waals surface area contributed by atoms with E-state index in [0.717, 1.165) is 37.6 Å². The number of methoxy groups -OCH3 is 1. The van der Waals surface area contributed by atoms with Gasteiger partial charge in [0.15, 0.2) is 17.8 Å². The molecule has 1 aliphatic rings. The summed E-state index contributed by atoms with van der Waals surface area (Å²) in [7, 11) is 1.13. The third-order valence-corrected chi connectivity index (χ3v) is 5.64. The van der Waals surface area contributed by atoms with Gasteiger partial charge < -0.3 is 19.5 Å². The van der Waals surface area contributed by atoms with Crippen molar-refractivity contribution in [3.05, 3.63) is 65.7 Å². The predicted molar refractivity (Wildman–Crippen MR) is 119 cm³/mol. The smallest absolute Gasteiger partial charge is 0.493 e. The molecule has 0 unspecified atom stereocenters. The van der Waals surface area contributed by atoms with Crippen LogP contribution >= 0.6 is 0 Å². The molecule has 14 heteroatoms. The lowest BCUT2D eigenvalue weighted by atomic mass is 10.00. The van der Waals surface area contributed by atoms with Crippen molar-refractivity contribution in [2.75, 3.05) is 12.4 Å². The van der Waals surface area contributed by atoms with Crippen molar-refractivity contribution < 1.29 is 50.1 Å². The largest absolute Gasteiger partial charge is 0.573 e. The van der Waals surface area contributed by atoms with Crippen LogP contribution in [-0.4, -0.2) is 41.8 Å². The highest BCUT2D eigenvalue weighted by Gasteiger charge is 2.65. The number of nitrogens with zero attached hydrogens (tertiary/aromatic N) is 2. The average Bonchev–Trinajstić information content (AvgIpc) is 3.66. The Labute approximate surface area is 210 Å². The Bertz CT molecular complexity index is 1370. The lowest BCUT2D eigenvalue weighted by Crippen LogP contribution is -2.30. The molecule has 0 atom stereocenters. The molecule has 1 N–H and O–H groups in total. The number of hydrogen-bond donors (Lipinski definition) is 1. The highest BCUT2D eigenvalue weighted by Crippen LogP contribution is 2.58. The van der Waals surface area contributed by atoms with Crippen LogP contribution in [0.15, 0.2) is 48.8 Å². The summed E-state index contributed by atoms with van der Waals surface area (Å²) in [5.41, 5.74) is -2.73. The minimum atomic E-state index is -4.98. The van der Waals surface area contributed by atoms with Crippen molar-refractivity contribution in [2.45, 2.75) is 30.8 Å². The quantitative estimate of drug-likeness (QED) is 0.283. The molecule has 8 nitrogen and oxygen atoms in total. The van der Waals surface area contributed by atoms with Crippen molar-refractivity contribution in [1.29, 1.82) is 0 Å². The topological polar surface area (TPSA) is 99.6 Å². The average molecular weight is 541 g/mol. The van der Waals surface area contributed by atoms with Gasteiger partial charge in [-0.15, -0.1) is 13.2 Å². The van der Waals surface area contributed by atoms with Gasteiger partial charge >= 0.3 is 12.5 Å². The van der Waals surface area contributed by atoms with Gasteiger partial charge in [-0.05, 0) is 37.1 Å². The Balaban J connectivity index is 1.73. The number of hydrogen-bond acceptors (Lipinski definition) is 7. The molecule has 38 heavy (non-hydrogen) atoms. The molecule has 1 aliphatic carbocycles. The first-order valence-electron chi connectivity index (χ1n) is 10.8. The van der Waals surface area contributed by atoms with E-state index in [0.29, 0.717) is 6.29 Å². The standard InChI is InChI=1S/C24H17F6N3O5/c1-36-19-9-15(38-24(28,29)30)2-3-17(19)37-18-10-20(22(5-6-22)23(25,26)27)32-11-16(18)21(35)33-13-4-7-31-14(8-13)12-34/h2-4,7-12H,5-6H2,1H3,(H,31,33,35). The third kappa shape index (κ3) is 5.63. The normalized spacial score (nSPS) is 14.4. The minimum Gasteiger partial charge on any atom is -0.493 e. The molecule has 0 spiro atoms. The number of pyridine rings is 2. The molecule has 2 heterocycles. The van der Waals surface area contributed by atoms with Gasteiger partial charge in [-0.3, -0.25) is 19.6 Å². The Morgan fingerprint density at radius 2 is 1.74 bits per heavy atom. The van der Waals surface area contributed by atoms with Crippen LogP contribution in [0.1, 0.15) is 39.4 Å². The molecule has 3 aromatic rings. The van der Waals surface area contributed by atoms with Crippen LogP contribution in [0.25, 0.3) is 0 Å². The summed E-state index contributed by atoms with van der Waals surface area (Å²) >= 11 is 0. The Morgan fingerprint density at radius 1 is 1.00 bits per heavy atom. The summed E-state index contributed by atoms with van der Waals surface area (Å²) in [5.74, 6) is -2.31. The Morgan fingerprint density at radius 3 is 2.34 bits per heavy atom. The zero-order valence-electron chi connectivity index (χ0n) is 19.3. The van der Waals surface area contributed by atoms with Crippen LogP contribution in [0.3, 0.4) is 0 Å². The SMILES string of the molecule is COc1cc(OC(F)(F)F)ccc1Oc1cc(C2(C(F)(F)F)CC2)ncc1C(=O)Nc1ccnc(C=O)c1. The summed E-state index contributed by atoms with van der Waals surface area (Å²) in [6.45, 7) is 0. The molecular weight excluding hydrogens is 524 g/mol. The fourth-order valence-electron chi connectivity index (χ4n) is 3.60. The van der Waals surface area contributed by atoms with Gasteiger partial charge in [0.2, 0.25) is 0 Å². The van der Waals surface area contributed by atoms with Gasteiger partial charge in [0.1, 0.15) is 28.2 Å². The van der Waals surface area contributed by atoms with Crippen molar-refractivity contribution in [3.8, 4) is 23.0 Å². The van der Waals surface area contributed by atoms with Gasteiger partial charge in [-0.25, -0.2) is 0 Å². The van der Waals surface area contributed by atoms with Gasteiger partial charge in [0.05, 0.1) is 12.8 Å². The Kier molecular flexibility index (Phi) is 6.91. The van der Waals surface area contributed by atoms with Crippen LogP contribution in [0.4, 0.5) is 32.0 Å². The van der Waals surface area contributed by atoms with Crippen LogP contribution in [0.5, 0.6) is 23.0 Å². The number of alkyl halides is 6. The van der Waals surface area contributed by atoms with E-state index in [1.165, 1.54) is 18.3 Å². The lowest BCUT2D eigenvalue weighted by molar-refractivity contribution is -0.274. The minimum absolute atomic E-state index is 0.0134. The zero-order chi connectivity index (χ0) is 27.7. The maximum Gasteiger partial charge on any atom is 0.573 e. The van der Waals surface area contributed by atoms with E-state index in [1.54, 1.807) is 0 Å². The lowest BCUT2D eigenvalue weighted by Gasteiger charge is -2.21. The number of anilines is 1. The number of aldehydes is 1. The van der Waals surface area contributed by atoms with Crippen molar-refractivity contribution in [2.24, 2.45) is 0 Å². The maximum absolute atomic E-state index is 13.7. The van der Waals surface area contributed by atoms with Crippen LogP contribution in [0, 0.1) is 0 Å². The molecule has 200 valence electrons. The molecule has 0 saturated heterocycles. The Hall–Kier alpha value is -4.36. The van der Waals surface area contributed by atoms with Crippen molar-refractivity contribution in [3.63, 3.8) is 0 Å². The highest BCUT2D eigenvalue weighted by molar-refractivity contribution is 6.06. The van der Waals surface area contributed by atoms with E-state index < -0.39 is 29.6 Å². The molecule has 0 bridgehead atoms. The summed E-state index contributed by atoms with van der Waals surface area (Å²) in [6, 6.07) is 6.40. The number of nitrogens with one attached hydrogen (secondary N) is 1. The van der Waals surface area contributed by atoms with E-state index >= 15 is 0 Å². The van der Waals surface area contributed by atoms with E-state index in [-0.39, 0.29) is 52.7 Å². The number of ether oxygens (including phenoxy) is 3. The zero-order valence-corrected chi connectivity index (χ0v) is 19.3. The number of rotatable bonds is 8. The maximum atomic E-state index is 13.7. The molecule has 1 aromatic carbocycles. The van der Waals surface area contributed by atoms with E-state index in [1.807, 2.05) is 0 Å². The second-order valence-electron chi connectivity index (χ2n) is 8.15. The third-order valence-electron chi connectivity index (χ3n) is 5.64. The molecule has 0 aliphatic heterocycles.